The maximum atomic E-state index is 11.8. The first kappa shape index (κ1) is 27.3. The minimum atomic E-state index is -0.868. The number of aliphatic hydroxyl groups is 1. The lowest BCUT2D eigenvalue weighted by atomic mass is 9.76. The molecular formula is C34H30N4O3. The van der Waals surface area contributed by atoms with E-state index in [4.69, 9.17) is 10.5 Å². The van der Waals surface area contributed by atoms with E-state index in [0.717, 1.165) is 22.4 Å². The van der Waals surface area contributed by atoms with Crippen LogP contribution in [0.3, 0.4) is 0 Å². The van der Waals surface area contributed by atoms with E-state index in [2.05, 4.69) is 47.0 Å². The van der Waals surface area contributed by atoms with Crippen molar-refractivity contribution in [3.63, 3.8) is 0 Å². The highest BCUT2D eigenvalue weighted by atomic mass is 16.6. The first-order valence-electron chi connectivity index (χ1n) is 13.3. The summed E-state index contributed by atoms with van der Waals surface area (Å²) in [7, 11) is 0. The van der Waals surface area contributed by atoms with Crippen LogP contribution in [0, 0.1) is 15.5 Å². The lowest BCUT2D eigenvalue weighted by Gasteiger charge is -2.38. The van der Waals surface area contributed by atoms with Gasteiger partial charge in [0, 0.05) is 41.2 Å². The van der Waals surface area contributed by atoms with Crippen molar-refractivity contribution in [3.8, 4) is 0 Å². The summed E-state index contributed by atoms with van der Waals surface area (Å²) in [6.07, 6.45) is 0. The molecule has 0 fully saturated rings. The van der Waals surface area contributed by atoms with Crippen molar-refractivity contribution in [1.82, 2.24) is 0 Å². The van der Waals surface area contributed by atoms with E-state index in [9.17, 15) is 10.1 Å². The molecule has 0 saturated carbocycles. The molecule has 0 aromatic heterocycles. The Morgan fingerprint density at radius 1 is 0.756 bits per heavy atom. The Labute approximate surface area is 238 Å². The largest absolute Gasteiger partial charge is 0.395 e. The molecule has 4 N–H and O–H groups in total. The summed E-state index contributed by atoms with van der Waals surface area (Å²) in [4.78, 5) is 11.4. The van der Waals surface area contributed by atoms with Gasteiger partial charge in [-0.1, -0.05) is 103 Å². The van der Waals surface area contributed by atoms with Crippen LogP contribution in [-0.2, 0) is 5.54 Å². The smallest absolute Gasteiger partial charge is 0.270 e. The number of benzene rings is 5. The maximum absolute atomic E-state index is 11.8. The monoisotopic (exact) mass is 542 g/mol. The fraction of sp³-hybridized carbons (Fsp3) is 0.0882. The molecule has 0 amide bonds. The first-order chi connectivity index (χ1) is 20.0. The van der Waals surface area contributed by atoms with Crippen LogP contribution in [0.1, 0.15) is 27.8 Å². The maximum Gasteiger partial charge on any atom is 0.270 e. The molecule has 0 aliphatic rings. The predicted molar refractivity (Wildman–Crippen MR) is 164 cm³/mol. The van der Waals surface area contributed by atoms with Crippen molar-refractivity contribution in [2.24, 2.45) is 0 Å². The molecule has 0 atom stereocenters. The Bertz CT molecular complexity index is 1530. The third-order valence-corrected chi connectivity index (χ3v) is 7.04. The summed E-state index contributed by atoms with van der Waals surface area (Å²) in [5, 5.41) is 36.9. The van der Waals surface area contributed by atoms with Gasteiger partial charge in [-0.25, -0.2) is 0 Å². The van der Waals surface area contributed by atoms with Gasteiger partial charge in [0.15, 0.2) is 0 Å². The highest BCUT2D eigenvalue weighted by Gasteiger charge is 2.37. The van der Waals surface area contributed by atoms with E-state index in [1.54, 1.807) is 18.2 Å². The summed E-state index contributed by atoms with van der Waals surface area (Å²) >= 11 is 0. The van der Waals surface area contributed by atoms with Gasteiger partial charge >= 0.3 is 0 Å². The van der Waals surface area contributed by atoms with Gasteiger partial charge in [0.1, 0.15) is 5.54 Å². The number of rotatable bonds is 11. The number of hydrogen-bond donors (Lipinski definition) is 4. The molecule has 41 heavy (non-hydrogen) atoms. The zero-order chi connectivity index (χ0) is 28.7. The van der Waals surface area contributed by atoms with Gasteiger partial charge in [0.25, 0.3) is 5.69 Å². The van der Waals surface area contributed by atoms with Gasteiger partial charge in [0.2, 0.25) is 0 Å². The number of aliphatic hydroxyl groups excluding tert-OH is 1. The van der Waals surface area contributed by atoms with E-state index in [1.807, 2.05) is 66.7 Å². The van der Waals surface area contributed by atoms with Crippen LogP contribution in [0.15, 0.2) is 133 Å². The summed E-state index contributed by atoms with van der Waals surface area (Å²) in [6.45, 7) is 0.419. The summed E-state index contributed by atoms with van der Waals surface area (Å²) in [6, 6.07) is 42.0. The Morgan fingerprint density at radius 3 is 1.73 bits per heavy atom. The molecule has 0 bridgehead atoms. The lowest BCUT2D eigenvalue weighted by molar-refractivity contribution is -0.384. The van der Waals surface area contributed by atoms with Crippen molar-refractivity contribution in [1.29, 1.82) is 5.41 Å². The third kappa shape index (κ3) is 5.71. The predicted octanol–water partition coefficient (Wildman–Crippen LogP) is 6.82. The quantitative estimate of drug-likeness (QED) is 0.0633. The van der Waals surface area contributed by atoms with E-state index < -0.39 is 10.5 Å². The lowest BCUT2D eigenvalue weighted by Crippen LogP contribution is -2.38. The average Bonchev–Trinajstić information content (AvgIpc) is 3.04. The van der Waals surface area contributed by atoms with E-state index in [1.165, 1.54) is 12.1 Å². The first-order valence-corrected chi connectivity index (χ1v) is 13.3. The van der Waals surface area contributed by atoms with E-state index in [0.29, 0.717) is 23.4 Å². The van der Waals surface area contributed by atoms with Crippen molar-refractivity contribution in [3.05, 3.63) is 171 Å². The van der Waals surface area contributed by atoms with Crippen LogP contribution in [0.4, 0.5) is 17.1 Å². The second kappa shape index (κ2) is 12.3. The molecule has 7 heteroatoms. The Morgan fingerprint density at radius 2 is 1.27 bits per heavy atom. The van der Waals surface area contributed by atoms with Gasteiger partial charge in [0.05, 0.1) is 17.2 Å². The van der Waals surface area contributed by atoms with Crippen LogP contribution in [0.25, 0.3) is 0 Å². The Hall–Kier alpha value is -5.27. The van der Waals surface area contributed by atoms with Gasteiger partial charge in [-0.3, -0.25) is 15.5 Å². The number of nitro benzene ring substituents is 1. The molecule has 5 aromatic rings. The fourth-order valence-corrected chi connectivity index (χ4v) is 5.06. The molecular weight excluding hydrogens is 512 g/mol. The minimum Gasteiger partial charge on any atom is -0.395 e. The SMILES string of the molecule is N=C(c1ccc(NCCO)cc1)c1cc([N+](=O)[O-])ccc1NC(c1ccccc1)(c1ccccc1)c1ccccc1. The number of nitrogens with one attached hydrogen (secondary N) is 3. The molecule has 0 spiro atoms. The second-order valence-electron chi connectivity index (χ2n) is 9.56. The van der Waals surface area contributed by atoms with Crippen molar-refractivity contribution < 1.29 is 10.0 Å². The van der Waals surface area contributed by atoms with Gasteiger partial charge in [-0.2, -0.15) is 0 Å². The normalized spacial score (nSPS) is 11.0. The van der Waals surface area contributed by atoms with Gasteiger partial charge in [-0.15, -0.1) is 0 Å². The van der Waals surface area contributed by atoms with Crippen LogP contribution in [-0.4, -0.2) is 28.9 Å². The van der Waals surface area contributed by atoms with Crippen LogP contribution in [0.2, 0.25) is 0 Å². The minimum absolute atomic E-state index is 0.00623. The Kier molecular flexibility index (Phi) is 8.18. The van der Waals surface area contributed by atoms with Crippen molar-refractivity contribution in [2.75, 3.05) is 23.8 Å². The highest BCUT2D eigenvalue weighted by molar-refractivity contribution is 6.14. The van der Waals surface area contributed by atoms with Crippen molar-refractivity contribution >= 4 is 22.8 Å². The molecule has 0 aliphatic heterocycles. The average molecular weight is 543 g/mol. The molecule has 7 nitrogen and oxygen atoms in total. The molecule has 0 saturated heterocycles. The summed E-state index contributed by atoms with van der Waals surface area (Å²) < 4.78 is 0. The van der Waals surface area contributed by atoms with E-state index >= 15 is 0 Å². The molecule has 0 aliphatic carbocycles. The molecule has 5 aromatic carbocycles. The Balaban J connectivity index is 1.69. The highest BCUT2D eigenvalue weighted by Crippen LogP contribution is 2.41. The summed E-state index contributed by atoms with van der Waals surface area (Å²) in [5.41, 5.74) is 4.52. The molecule has 0 radical (unpaired) electrons. The number of nitrogens with zero attached hydrogens (tertiary/aromatic N) is 1. The third-order valence-electron chi connectivity index (χ3n) is 7.04. The standard InChI is InChI=1S/C34H30N4O3/c35-33(25-16-18-29(19-17-25)36-22-23-39)31-24-30(38(40)41)20-21-32(31)37-34(26-10-4-1-5-11-26,27-12-6-2-7-13-27)28-14-8-3-9-15-28/h1-21,24,35-37,39H,22-23H2. The molecule has 5 rings (SSSR count). The zero-order valence-electron chi connectivity index (χ0n) is 22.3. The topological polar surface area (TPSA) is 111 Å². The number of nitro groups is 1. The van der Waals surface area contributed by atoms with Gasteiger partial charge < -0.3 is 15.7 Å². The second-order valence-corrected chi connectivity index (χ2v) is 9.56. The van der Waals surface area contributed by atoms with Crippen LogP contribution < -0.4 is 10.6 Å². The molecule has 0 heterocycles. The molecule has 0 unspecified atom stereocenters. The number of hydrogen-bond acceptors (Lipinski definition) is 6. The van der Waals surface area contributed by atoms with Crippen molar-refractivity contribution in [2.45, 2.75) is 5.54 Å². The van der Waals surface area contributed by atoms with E-state index in [-0.39, 0.29) is 18.0 Å². The van der Waals surface area contributed by atoms with Gasteiger partial charge in [-0.05, 0) is 34.9 Å². The fourth-order valence-electron chi connectivity index (χ4n) is 5.06. The molecule has 204 valence electrons. The van der Waals surface area contributed by atoms with Crippen LogP contribution >= 0.6 is 0 Å². The number of anilines is 2. The zero-order valence-corrected chi connectivity index (χ0v) is 22.3. The summed E-state index contributed by atoms with van der Waals surface area (Å²) in [5.74, 6) is 0. The number of non-ortho nitro benzene ring substituents is 1. The van der Waals surface area contributed by atoms with Crippen LogP contribution in [0.5, 0.6) is 0 Å².